The molecule has 0 heterocycles. The van der Waals surface area contributed by atoms with Gasteiger partial charge >= 0.3 is 18.0 Å². The van der Waals surface area contributed by atoms with Crippen LogP contribution in [-0.4, -0.2) is 44.3 Å². The first-order valence-electron chi connectivity index (χ1n) is 11.3. The van der Waals surface area contributed by atoms with Crippen LogP contribution in [0.1, 0.15) is 6.92 Å². The van der Waals surface area contributed by atoms with Crippen molar-refractivity contribution in [3.8, 4) is 11.5 Å². The van der Waals surface area contributed by atoms with Gasteiger partial charge in [0.1, 0.15) is 23.9 Å². The van der Waals surface area contributed by atoms with E-state index in [2.05, 4.69) is 16.0 Å². The van der Waals surface area contributed by atoms with Gasteiger partial charge in [0.25, 0.3) is 0 Å². The molecule has 0 radical (unpaired) electrons. The summed E-state index contributed by atoms with van der Waals surface area (Å²) in [6.07, 6.45) is 0. The molecule has 0 spiro atoms. The Labute approximate surface area is 208 Å². The topological polar surface area (TPSA) is 109 Å². The van der Waals surface area contributed by atoms with Crippen LogP contribution in [0.15, 0.2) is 78.9 Å². The monoisotopic (exact) mass is 494 g/mol. The lowest BCUT2D eigenvalue weighted by molar-refractivity contribution is -0.141. The van der Waals surface area contributed by atoms with Gasteiger partial charge in [0.15, 0.2) is 0 Å². The predicted molar refractivity (Wildman–Crippen MR) is 134 cm³/mol. The molecule has 0 aliphatic carbocycles. The highest BCUT2D eigenvalue weighted by Gasteiger charge is 2.18. The van der Waals surface area contributed by atoms with E-state index in [1.165, 1.54) is 23.1 Å². The third-order valence-corrected chi connectivity index (χ3v) is 4.81. The molecular formula is C26H27FN4O5. The Hall–Kier alpha value is -4.60. The minimum atomic E-state index is -0.593. The quantitative estimate of drug-likeness (QED) is 0.359. The lowest BCUT2D eigenvalue weighted by atomic mass is 10.2. The van der Waals surface area contributed by atoms with Crippen LogP contribution in [0.3, 0.4) is 0 Å². The molecule has 0 aliphatic heterocycles. The van der Waals surface area contributed by atoms with E-state index in [0.29, 0.717) is 17.2 Å². The number of urea groups is 2. The number of esters is 1. The molecule has 0 saturated heterocycles. The van der Waals surface area contributed by atoms with E-state index in [0.717, 1.165) is 0 Å². The van der Waals surface area contributed by atoms with E-state index >= 15 is 0 Å². The normalized spacial score (nSPS) is 10.2. The molecule has 0 atom stereocenters. The highest BCUT2D eigenvalue weighted by atomic mass is 19.1. The van der Waals surface area contributed by atoms with E-state index in [1.807, 2.05) is 30.3 Å². The highest BCUT2D eigenvalue weighted by molar-refractivity contribution is 6.01. The number of hydrogen-bond acceptors (Lipinski definition) is 5. The van der Waals surface area contributed by atoms with Crippen molar-refractivity contribution in [2.24, 2.45) is 0 Å². The molecule has 3 rings (SSSR count). The fourth-order valence-electron chi connectivity index (χ4n) is 3.12. The number of nitrogens with one attached hydrogen (secondary N) is 3. The summed E-state index contributed by atoms with van der Waals surface area (Å²) < 4.78 is 24.6. The molecule has 0 fully saturated rings. The summed E-state index contributed by atoms with van der Waals surface area (Å²) in [7, 11) is 0. The van der Waals surface area contributed by atoms with Crippen molar-refractivity contribution in [1.82, 2.24) is 10.6 Å². The number of rotatable bonds is 10. The van der Waals surface area contributed by atoms with Crippen LogP contribution in [0.5, 0.6) is 11.5 Å². The Morgan fingerprint density at radius 1 is 0.861 bits per heavy atom. The van der Waals surface area contributed by atoms with Crippen molar-refractivity contribution in [3.63, 3.8) is 0 Å². The van der Waals surface area contributed by atoms with E-state index in [-0.39, 0.29) is 31.9 Å². The van der Waals surface area contributed by atoms with E-state index in [9.17, 15) is 18.8 Å². The Balaban J connectivity index is 1.67. The number of ether oxygens (including phenoxy) is 2. The van der Waals surface area contributed by atoms with Crippen molar-refractivity contribution < 1.29 is 28.2 Å². The maximum atomic E-state index is 14.1. The molecular weight excluding hydrogens is 467 g/mol. The molecule has 3 aromatic rings. The van der Waals surface area contributed by atoms with Gasteiger partial charge in [-0.3, -0.25) is 9.69 Å². The molecule has 3 N–H and O–H groups in total. The molecule has 188 valence electrons. The summed E-state index contributed by atoms with van der Waals surface area (Å²) in [5.74, 6) is 0.0959. The first kappa shape index (κ1) is 26.0. The molecule has 36 heavy (non-hydrogen) atoms. The Morgan fingerprint density at radius 3 is 2.22 bits per heavy atom. The Kier molecular flexibility index (Phi) is 9.63. The molecule has 9 nitrogen and oxygen atoms in total. The van der Waals surface area contributed by atoms with Gasteiger partial charge in [0, 0.05) is 18.8 Å². The number of carbonyl (C=O) groups is 3. The number of carbonyl (C=O) groups excluding carboxylic acids is 3. The average molecular weight is 495 g/mol. The number of halogens is 1. The predicted octanol–water partition coefficient (Wildman–Crippen LogP) is 4.52. The van der Waals surface area contributed by atoms with Crippen molar-refractivity contribution in [2.75, 3.05) is 36.5 Å². The van der Waals surface area contributed by atoms with Gasteiger partial charge in [0.05, 0.1) is 12.3 Å². The van der Waals surface area contributed by atoms with Crippen molar-refractivity contribution >= 4 is 29.4 Å². The molecule has 0 aromatic heterocycles. The van der Waals surface area contributed by atoms with Gasteiger partial charge < -0.3 is 25.4 Å². The van der Waals surface area contributed by atoms with E-state index in [4.69, 9.17) is 9.47 Å². The summed E-state index contributed by atoms with van der Waals surface area (Å²) >= 11 is 0. The van der Waals surface area contributed by atoms with Crippen LogP contribution in [0.25, 0.3) is 0 Å². The second kappa shape index (κ2) is 13.3. The maximum absolute atomic E-state index is 14.1. The number of amides is 4. The van der Waals surface area contributed by atoms with Crippen molar-refractivity contribution in [3.05, 3.63) is 84.7 Å². The Morgan fingerprint density at radius 2 is 1.53 bits per heavy atom. The third kappa shape index (κ3) is 8.01. The van der Waals surface area contributed by atoms with Gasteiger partial charge in [-0.1, -0.05) is 30.3 Å². The number of benzene rings is 3. The van der Waals surface area contributed by atoms with Crippen molar-refractivity contribution in [2.45, 2.75) is 6.92 Å². The molecule has 3 aromatic carbocycles. The van der Waals surface area contributed by atoms with E-state index in [1.54, 1.807) is 37.3 Å². The standard InChI is InChI=1S/C26H27FN4O5/c1-2-35-24(32)18-29-25(33)28-16-17-31(26(34)30-23-11-7-6-10-22(23)27)19-12-14-21(15-13-19)36-20-8-4-3-5-9-20/h3-15H,2,16-18H2,1H3,(H,30,34)(H2,28,29,33). The number of anilines is 2. The summed E-state index contributed by atoms with van der Waals surface area (Å²) in [4.78, 5) is 37.7. The molecule has 0 unspecified atom stereocenters. The zero-order chi connectivity index (χ0) is 25.8. The van der Waals surface area contributed by atoms with Gasteiger partial charge in [-0.15, -0.1) is 0 Å². The average Bonchev–Trinajstić information content (AvgIpc) is 2.88. The minimum absolute atomic E-state index is 0.0247. The third-order valence-electron chi connectivity index (χ3n) is 4.81. The van der Waals surface area contributed by atoms with Gasteiger partial charge in [-0.25, -0.2) is 14.0 Å². The number of hydrogen-bond donors (Lipinski definition) is 3. The molecule has 0 aliphatic rings. The summed E-state index contributed by atoms with van der Waals surface area (Å²) in [5, 5.41) is 7.50. The molecule has 10 heteroatoms. The van der Waals surface area contributed by atoms with Gasteiger partial charge in [-0.05, 0) is 55.5 Å². The maximum Gasteiger partial charge on any atom is 0.326 e. The molecule has 0 saturated carbocycles. The van der Waals surface area contributed by atoms with Crippen LogP contribution in [0, 0.1) is 5.82 Å². The van der Waals surface area contributed by atoms with Crippen LogP contribution in [0.2, 0.25) is 0 Å². The van der Waals surface area contributed by atoms with Crippen LogP contribution >= 0.6 is 0 Å². The zero-order valence-electron chi connectivity index (χ0n) is 19.7. The summed E-state index contributed by atoms with van der Waals surface area (Å²) in [6.45, 7) is 1.72. The van der Waals surface area contributed by atoms with Crippen LogP contribution in [0.4, 0.5) is 25.4 Å². The highest BCUT2D eigenvalue weighted by Crippen LogP contribution is 2.25. The second-order valence-electron chi connectivity index (χ2n) is 7.39. The van der Waals surface area contributed by atoms with E-state index < -0.39 is 23.8 Å². The van der Waals surface area contributed by atoms with Crippen LogP contribution in [-0.2, 0) is 9.53 Å². The van der Waals surface area contributed by atoms with Crippen LogP contribution < -0.4 is 25.6 Å². The minimum Gasteiger partial charge on any atom is -0.465 e. The summed E-state index contributed by atoms with van der Waals surface area (Å²) in [5.41, 5.74) is 0.523. The lowest BCUT2D eigenvalue weighted by Crippen LogP contribution is -2.44. The number of para-hydroxylation sites is 2. The lowest BCUT2D eigenvalue weighted by Gasteiger charge is -2.24. The number of nitrogens with zero attached hydrogens (tertiary/aromatic N) is 1. The first-order chi connectivity index (χ1) is 17.5. The second-order valence-corrected chi connectivity index (χ2v) is 7.39. The fraction of sp³-hybridized carbons (Fsp3) is 0.192. The SMILES string of the molecule is CCOC(=O)CNC(=O)NCCN(C(=O)Nc1ccccc1F)c1ccc(Oc2ccccc2)cc1. The van der Waals surface area contributed by atoms with Gasteiger partial charge in [0.2, 0.25) is 0 Å². The molecule has 0 bridgehead atoms. The Bertz CT molecular complexity index is 1160. The summed E-state index contributed by atoms with van der Waals surface area (Å²) in [6, 6.07) is 20.6. The van der Waals surface area contributed by atoms with Gasteiger partial charge in [-0.2, -0.15) is 0 Å². The fourth-order valence-corrected chi connectivity index (χ4v) is 3.12. The molecule has 4 amide bonds. The largest absolute Gasteiger partial charge is 0.465 e. The van der Waals surface area contributed by atoms with Crippen molar-refractivity contribution in [1.29, 1.82) is 0 Å². The first-order valence-corrected chi connectivity index (χ1v) is 11.3. The smallest absolute Gasteiger partial charge is 0.326 e. The zero-order valence-corrected chi connectivity index (χ0v) is 19.7.